The number of fused-ring (bicyclic) bond motifs is 1. The number of ether oxygens (including phenoxy) is 1. The van der Waals surface area contributed by atoms with E-state index in [1.807, 2.05) is 18.3 Å². The Labute approximate surface area is 160 Å². The van der Waals surface area contributed by atoms with Crippen LogP contribution in [-0.4, -0.2) is 36.8 Å². The molecular formula is C21H28ClN3O. The van der Waals surface area contributed by atoms with Gasteiger partial charge in [-0.2, -0.15) is 0 Å². The van der Waals surface area contributed by atoms with Crippen molar-refractivity contribution in [3.63, 3.8) is 0 Å². The quantitative estimate of drug-likeness (QED) is 0.775. The predicted octanol–water partition coefficient (Wildman–Crippen LogP) is 4.63. The summed E-state index contributed by atoms with van der Waals surface area (Å²) in [4.78, 5) is 4.43. The van der Waals surface area contributed by atoms with Crippen molar-refractivity contribution in [3.05, 3.63) is 35.5 Å². The third kappa shape index (κ3) is 3.83. The molecule has 1 aliphatic carbocycles. The monoisotopic (exact) mass is 373 g/mol. The van der Waals surface area contributed by atoms with E-state index >= 15 is 0 Å². The molecule has 140 valence electrons. The van der Waals surface area contributed by atoms with Gasteiger partial charge < -0.3 is 15.4 Å². The van der Waals surface area contributed by atoms with Crippen molar-refractivity contribution in [2.45, 2.75) is 51.1 Å². The van der Waals surface area contributed by atoms with E-state index < -0.39 is 0 Å². The number of rotatable bonds is 6. The van der Waals surface area contributed by atoms with E-state index in [4.69, 9.17) is 16.3 Å². The van der Waals surface area contributed by atoms with E-state index in [0.717, 1.165) is 35.7 Å². The number of nitrogens with zero attached hydrogens (tertiary/aromatic N) is 1. The maximum Gasteiger partial charge on any atom is 0.0737 e. The van der Waals surface area contributed by atoms with Crippen molar-refractivity contribution in [1.82, 2.24) is 10.3 Å². The molecule has 2 heterocycles. The first kappa shape index (κ1) is 18.0. The molecule has 1 saturated carbocycles. The number of benzene rings is 1. The van der Waals surface area contributed by atoms with Crippen LogP contribution in [0.1, 0.15) is 39.0 Å². The summed E-state index contributed by atoms with van der Waals surface area (Å²) in [5.74, 6) is 0. The summed E-state index contributed by atoms with van der Waals surface area (Å²) in [6, 6.07) is 9.17. The van der Waals surface area contributed by atoms with Crippen LogP contribution < -0.4 is 10.6 Å². The smallest absolute Gasteiger partial charge is 0.0737 e. The Bertz CT molecular complexity index is 748. The normalized spacial score (nSPS) is 25.0. The molecule has 0 unspecified atom stereocenters. The Kier molecular flexibility index (Phi) is 5.35. The fourth-order valence-corrected chi connectivity index (χ4v) is 4.26. The first-order valence-corrected chi connectivity index (χ1v) is 10.2. The second kappa shape index (κ2) is 7.71. The lowest BCUT2D eigenvalue weighted by molar-refractivity contribution is -0.114. The van der Waals surface area contributed by atoms with Gasteiger partial charge in [0.05, 0.1) is 18.7 Å². The summed E-state index contributed by atoms with van der Waals surface area (Å²) < 4.78 is 5.43. The second-order valence-corrected chi connectivity index (χ2v) is 8.38. The van der Waals surface area contributed by atoms with Gasteiger partial charge in [-0.1, -0.05) is 18.5 Å². The highest BCUT2D eigenvalue weighted by molar-refractivity contribution is 6.31. The molecule has 2 N–H and O–H groups in total. The molecule has 4 rings (SSSR count). The lowest BCUT2D eigenvalue weighted by atomic mass is 9.82. The van der Waals surface area contributed by atoms with Crippen LogP contribution in [0.3, 0.4) is 0 Å². The van der Waals surface area contributed by atoms with Crippen LogP contribution in [0.2, 0.25) is 5.02 Å². The Balaban J connectivity index is 1.31. The van der Waals surface area contributed by atoms with Crippen LogP contribution in [0.4, 0.5) is 5.69 Å². The molecule has 1 saturated heterocycles. The molecule has 1 aliphatic heterocycles. The number of nitrogens with one attached hydrogen (secondary N) is 2. The molecule has 5 heteroatoms. The lowest BCUT2D eigenvalue weighted by Gasteiger charge is -2.42. The SMILES string of the molecule is CCC1(CN[C@H]2CC[C@@H](Nc3ccnc4cc(Cl)ccc34)CC2)COC1. The number of hydrogen-bond acceptors (Lipinski definition) is 4. The molecule has 0 spiro atoms. The van der Waals surface area contributed by atoms with Gasteiger partial charge in [-0.25, -0.2) is 0 Å². The summed E-state index contributed by atoms with van der Waals surface area (Å²) in [7, 11) is 0. The van der Waals surface area contributed by atoms with Crippen molar-refractivity contribution >= 4 is 28.2 Å². The van der Waals surface area contributed by atoms with E-state index in [9.17, 15) is 0 Å². The molecule has 1 aromatic carbocycles. The van der Waals surface area contributed by atoms with Gasteiger partial charge in [-0.3, -0.25) is 4.98 Å². The molecular weight excluding hydrogens is 346 g/mol. The van der Waals surface area contributed by atoms with Crippen molar-refractivity contribution in [2.75, 3.05) is 25.1 Å². The van der Waals surface area contributed by atoms with Gasteiger partial charge >= 0.3 is 0 Å². The molecule has 0 radical (unpaired) electrons. The van der Waals surface area contributed by atoms with Crippen molar-refractivity contribution in [3.8, 4) is 0 Å². The Morgan fingerprint density at radius 1 is 1.15 bits per heavy atom. The van der Waals surface area contributed by atoms with Crippen molar-refractivity contribution < 1.29 is 4.74 Å². The summed E-state index contributed by atoms with van der Waals surface area (Å²) in [5, 5.41) is 9.42. The topological polar surface area (TPSA) is 46.2 Å². The summed E-state index contributed by atoms with van der Waals surface area (Å²) in [6.45, 7) is 5.22. The molecule has 0 amide bonds. The minimum absolute atomic E-state index is 0.395. The van der Waals surface area contributed by atoms with Crippen LogP contribution in [0.15, 0.2) is 30.5 Å². The Hall–Kier alpha value is -1.36. The number of hydrogen-bond donors (Lipinski definition) is 2. The molecule has 1 aromatic heterocycles. The van der Waals surface area contributed by atoms with Crippen LogP contribution >= 0.6 is 11.6 Å². The zero-order chi connectivity index (χ0) is 18.0. The standard InChI is InChI=1S/C21H28ClN3O/c1-2-21(13-26-14-21)12-24-16-4-6-17(7-5-16)25-19-9-10-23-20-11-15(22)3-8-18(19)20/h3,8-11,16-17,24H,2,4-7,12-14H2,1H3,(H,23,25)/t16-,17+. The van der Waals surface area contributed by atoms with Crippen molar-refractivity contribution in [2.24, 2.45) is 5.41 Å². The molecule has 2 aliphatic rings. The lowest BCUT2D eigenvalue weighted by Crippen LogP contribution is -2.51. The minimum Gasteiger partial charge on any atom is -0.382 e. The van der Waals surface area contributed by atoms with Crippen molar-refractivity contribution in [1.29, 1.82) is 0 Å². The number of anilines is 1. The zero-order valence-corrected chi connectivity index (χ0v) is 16.2. The van der Waals surface area contributed by atoms with E-state index in [1.165, 1.54) is 37.8 Å². The number of pyridine rings is 1. The fourth-order valence-electron chi connectivity index (χ4n) is 4.09. The minimum atomic E-state index is 0.395. The van der Waals surface area contributed by atoms with E-state index in [-0.39, 0.29) is 0 Å². The summed E-state index contributed by atoms with van der Waals surface area (Å²) >= 11 is 6.09. The number of halogens is 1. The third-order valence-electron chi connectivity index (χ3n) is 6.12. The van der Waals surface area contributed by atoms with Crippen LogP contribution in [0.25, 0.3) is 10.9 Å². The largest absolute Gasteiger partial charge is 0.382 e. The van der Waals surface area contributed by atoms with Gasteiger partial charge in [0, 0.05) is 46.3 Å². The van der Waals surface area contributed by atoms with Gasteiger partial charge in [-0.05, 0) is 56.4 Å². The third-order valence-corrected chi connectivity index (χ3v) is 6.36. The molecule has 2 aromatic rings. The van der Waals surface area contributed by atoms with Crippen LogP contribution in [-0.2, 0) is 4.74 Å². The maximum atomic E-state index is 6.09. The first-order chi connectivity index (χ1) is 12.7. The first-order valence-electron chi connectivity index (χ1n) is 9.79. The summed E-state index contributed by atoms with van der Waals surface area (Å²) in [6.07, 6.45) is 7.92. The second-order valence-electron chi connectivity index (χ2n) is 7.94. The van der Waals surface area contributed by atoms with Crippen LogP contribution in [0, 0.1) is 5.41 Å². The van der Waals surface area contributed by atoms with Gasteiger partial charge in [0.2, 0.25) is 0 Å². The molecule has 26 heavy (non-hydrogen) atoms. The molecule has 2 fully saturated rings. The van der Waals surface area contributed by atoms with E-state index in [0.29, 0.717) is 17.5 Å². The highest BCUT2D eigenvalue weighted by Crippen LogP contribution is 2.32. The van der Waals surface area contributed by atoms with E-state index in [1.54, 1.807) is 0 Å². The van der Waals surface area contributed by atoms with E-state index in [2.05, 4.69) is 34.7 Å². The average molecular weight is 374 g/mol. The fraction of sp³-hybridized carbons (Fsp3) is 0.571. The Morgan fingerprint density at radius 3 is 2.62 bits per heavy atom. The zero-order valence-electron chi connectivity index (χ0n) is 15.4. The average Bonchev–Trinajstić information content (AvgIpc) is 2.62. The Morgan fingerprint density at radius 2 is 1.92 bits per heavy atom. The highest BCUT2D eigenvalue weighted by atomic mass is 35.5. The molecule has 4 nitrogen and oxygen atoms in total. The van der Waals surface area contributed by atoms with Gasteiger partial charge in [0.1, 0.15) is 0 Å². The van der Waals surface area contributed by atoms with Crippen LogP contribution in [0.5, 0.6) is 0 Å². The van der Waals surface area contributed by atoms with Gasteiger partial charge in [0.15, 0.2) is 0 Å². The number of aromatic nitrogens is 1. The molecule has 0 bridgehead atoms. The maximum absolute atomic E-state index is 6.09. The predicted molar refractivity (Wildman–Crippen MR) is 108 cm³/mol. The van der Waals surface area contributed by atoms with Gasteiger partial charge in [0.25, 0.3) is 0 Å². The molecule has 0 atom stereocenters. The highest BCUT2D eigenvalue weighted by Gasteiger charge is 2.37. The summed E-state index contributed by atoms with van der Waals surface area (Å²) in [5.41, 5.74) is 2.51. The van der Waals surface area contributed by atoms with Gasteiger partial charge in [-0.15, -0.1) is 0 Å².